The van der Waals surface area contributed by atoms with Gasteiger partial charge in [-0.25, -0.2) is 0 Å². The van der Waals surface area contributed by atoms with Crippen molar-refractivity contribution < 1.29 is 14.4 Å². The van der Waals surface area contributed by atoms with Crippen molar-refractivity contribution in [3.63, 3.8) is 0 Å². The summed E-state index contributed by atoms with van der Waals surface area (Å²) in [7, 11) is 0. The Kier molecular flexibility index (Phi) is 5.95. The molecule has 0 radical (unpaired) electrons. The Morgan fingerprint density at radius 1 is 1.13 bits per heavy atom. The topological polar surface area (TPSA) is 71.7 Å². The highest BCUT2D eigenvalue weighted by atomic mass is 32.1. The number of amides is 3. The van der Waals surface area contributed by atoms with Gasteiger partial charge in [0.15, 0.2) is 4.80 Å². The zero-order chi connectivity index (χ0) is 22.0. The maximum absolute atomic E-state index is 12.7. The van der Waals surface area contributed by atoms with Crippen molar-refractivity contribution in [2.75, 3.05) is 6.54 Å². The van der Waals surface area contributed by atoms with Gasteiger partial charge in [0.05, 0.1) is 21.3 Å². The van der Waals surface area contributed by atoms with E-state index in [2.05, 4.69) is 30.6 Å². The number of unbranched alkanes of at least 4 members (excludes halogenated alkanes) is 1. The molecule has 1 aliphatic rings. The van der Waals surface area contributed by atoms with Crippen molar-refractivity contribution >= 4 is 39.3 Å². The van der Waals surface area contributed by atoms with Gasteiger partial charge in [-0.05, 0) is 42.7 Å². The molecule has 0 spiro atoms. The van der Waals surface area contributed by atoms with Crippen LogP contribution in [-0.4, -0.2) is 33.7 Å². The van der Waals surface area contributed by atoms with Crippen LogP contribution >= 0.6 is 11.3 Å². The first-order chi connectivity index (χ1) is 15.0. The van der Waals surface area contributed by atoms with E-state index in [9.17, 15) is 14.4 Å². The Balaban J connectivity index is 1.64. The van der Waals surface area contributed by atoms with Crippen LogP contribution in [0, 0.1) is 0 Å². The normalized spacial score (nSPS) is 13.8. The molecule has 1 aliphatic heterocycles. The van der Waals surface area contributed by atoms with Crippen molar-refractivity contribution in [2.24, 2.45) is 4.99 Å². The second-order valence-electron chi connectivity index (χ2n) is 7.44. The lowest BCUT2D eigenvalue weighted by Crippen LogP contribution is -2.35. The van der Waals surface area contributed by atoms with Gasteiger partial charge in [0.1, 0.15) is 6.54 Å². The number of fused-ring (bicyclic) bond motifs is 2. The average molecular weight is 434 g/mol. The summed E-state index contributed by atoms with van der Waals surface area (Å²) in [4.78, 5) is 43.5. The largest absolute Gasteiger partial charge is 0.313 e. The maximum Gasteiger partial charge on any atom is 0.268 e. The first-order valence-corrected chi connectivity index (χ1v) is 11.1. The number of rotatable bonds is 7. The van der Waals surface area contributed by atoms with Crippen LogP contribution in [0.25, 0.3) is 10.2 Å². The molecule has 2 heterocycles. The highest BCUT2D eigenvalue weighted by Crippen LogP contribution is 2.23. The maximum atomic E-state index is 12.7. The van der Waals surface area contributed by atoms with Crippen LogP contribution in [0.1, 0.15) is 46.0 Å². The van der Waals surface area contributed by atoms with Crippen LogP contribution in [0.3, 0.4) is 0 Å². The minimum absolute atomic E-state index is 0.323. The van der Waals surface area contributed by atoms with E-state index in [0.29, 0.717) is 22.5 Å². The minimum Gasteiger partial charge on any atom is -0.313 e. The molecule has 7 heteroatoms. The first kappa shape index (κ1) is 20.9. The van der Waals surface area contributed by atoms with Gasteiger partial charge >= 0.3 is 0 Å². The summed E-state index contributed by atoms with van der Waals surface area (Å²) >= 11 is 1.43. The third-order valence-electron chi connectivity index (χ3n) is 5.27. The smallest absolute Gasteiger partial charge is 0.268 e. The third-order valence-corrected chi connectivity index (χ3v) is 6.31. The van der Waals surface area contributed by atoms with Gasteiger partial charge in [-0.3, -0.25) is 19.3 Å². The fraction of sp³-hybridized carbons (Fsp3) is 0.250. The molecule has 6 nitrogen and oxygen atoms in total. The van der Waals surface area contributed by atoms with Crippen LogP contribution in [-0.2, 0) is 17.8 Å². The molecule has 1 aromatic heterocycles. The average Bonchev–Trinajstić information content (AvgIpc) is 3.22. The van der Waals surface area contributed by atoms with E-state index in [-0.39, 0.29) is 6.54 Å². The molecule has 0 saturated heterocycles. The Hall–Kier alpha value is -3.32. The second kappa shape index (κ2) is 8.81. The molecule has 0 saturated carbocycles. The number of hydrogen-bond donors (Lipinski definition) is 0. The van der Waals surface area contributed by atoms with Crippen molar-refractivity contribution in [3.05, 3.63) is 76.6 Å². The molecule has 0 bridgehead atoms. The van der Waals surface area contributed by atoms with E-state index in [1.165, 1.54) is 16.9 Å². The lowest BCUT2D eigenvalue weighted by atomic mass is 10.1. The van der Waals surface area contributed by atoms with Crippen LogP contribution < -0.4 is 4.80 Å². The van der Waals surface area contributed by atoms with E-state index < -0.39 is 17.7 Å². The molecule has 0 N–H and O–H groups in total. The zero-order valence-corrected chi connectivity index (χ0v) is 18.2. The standard InChI is InChI=1S/C24H23N3O3S/c1-3-5-8-16-11-12-19-20(14-16)31-24(26(19)13-4-2)25-21(28)15-27-22(29)17-9-6-7-10-18(17)23(27)30/h4,6-7,9-12,14H,2-3,5,8,13,15H2,1H3. The highest BCUT2D eigenvalue weighted by Gasteiger charge is 2.36. The molecular formula is C24H23N3O3S. The SMILES string of the molecule is C=CCn1c(=NC(=O)CN2C(=O)c3ccccc3C2=O)sc2cc(CCCC)ccc21. The molecule has 0 aliphatic carbocycles. The van der Waals surface area contributed by atoms with Gasteiger partial charge in [-0.2, -0.15) is 4.99 Å². The number of hydrogen-bond acceptors (Lipinski definition) is 4. The Morgan fingerprint density at radius 3 is 2.48 bits per heavy atom. The number of aryl methyl sites for hydroxylation is 1. The summed E-state index contributed by atoms with van der Waals surface area (Å²) < 4.78 is 2.97. The van der Waals surface area contributed by atoms with Crippen LogP contribution in [0.5, 0.6) is 0 Å². The Morgan fingerprint density at radius 2 is 1.84 bits per heavy atom. The molecule has 31 heavy (non-hydrogen) atoms. The van der Waals surface area contributed by atoms with E-state index in [1.807, 2.05) is 10.6 Å². The predicted molar refractivity (Wildman–Crippen MR) is 121 cm³/mol. The predicted octanol–water partition coefficient (Wildman–Crippen LogP) is 3.95. The van der Waals surface area contributed by atoms with Crippen molar-refractivity contribution in [2.45, 2.75) is 32.7 Å². The number of carbonyl (C=O) groups excluding carboxylic acids is 3. The zero-order valence-electron chi connectivity index (χ0n) is 17.3. The number of aromatic nitrogens is 1. The number of benzene rings is 2. The van der Waals surface area contributed by atoms with E-state index in [4.69, 9.17) is 0 Å². The van der Waals surface area contributed by atoms with E-state index in [0.717, 1.165) is 34.4 Å². The van der Waals surface area contributed by atoms with Crippen LogP contribution in [0.4, 0.5) is 0 Å². The summed E-state index contributed by atoms with van der Waals surface area (Å²) in [5.41, 5.74) is 2.88. The number of thiazole rings is 1. The molecule has 0 unspecified atom stereocenters. The van der Waals surface area contributed by atoms with Crippen molar-refractivity contribution in [3.8, 4) is 0 Å². The monoisotopic (exact) mass is 433 g/mol. The summed E-state index contributed by atoms with van der Waals surface area (Å²) in [5.74, 6) is -1.45. The summed E-state index contributed by atoms with van der Waals surface area (Å²) in [6, 6.07) is 12.9. The summed E-state index contributed by atoms with van der Waals surface area (Å²) in [6.45, 7) is 6.10. The molecule has 4 rings (SSSR count). The van der Waals surface area contributed by atoms with Gasteiger partial charge in [-0.1, -0.05) is 49.0 Å². The molecule has 0 atom stereocenters. The van der Waals surface area contributed by atoms with Gasteiger partial charge in [0, 0.05) is 6.54 Å². The van der Waals surface area contributed by atoms with Gasteiger partial charge in [0.2, 0.25) is 0 Å². The lowest BCUT2D eigenvalue weighted by molar-refractivity contribution is -0.118. The van der Waals surface area contributed by atoms with Gasteiger partial charge in [0.25, 0.3) is 17.7 Å². The Labute approximate surface area is 184 Å². The number of nitrogens with zero attached hydrogens (tertiary/aromatic N) is 3. The fourth-order valence-corrected chi connectivity index (χ4v) is 4.83. The molecule has 158 valence electrons. The quantitative estimate of drug-likeness (QED) is 0.418. The molecule has 0 fully saturated rings. The molecule has 2 aromatic carbocycles. The molecule has 3 amide bonds. The number of carbonyl (C=O) groups is 3. The molecule has 3 aromatic rings. The number of allylic oxidation sites excluding steroid dienone is 1. The first-order valence-electron chi connectivity index (χ1n) is 10.3. The lowest BCUT2D eigenvalue weighted by Gasteiger charge is -2.10. The third kappa shape index (κ3) is 4.01. The fourth-order valence-electron chi connectivity index (χ4n) is 3.70. The summed E-state index contributed by atoms with van der Waals surface area (Å²) in [5, 5.41) is 0. The number of imide groups is 1. The van der Waals surface area contributed by atoms with Crippen LogP contribution in [0.15, 0.2) is 60.1 Å². The molecular weight excluding hydrogens is 410 g/mol. The summed E-state index contributed by atoms with van der Waals surface area (Å²) in [6.07, 6.45) is 5.02. The highest BCUT2D eigenvalue weighted by molar-refractivity contribution is 7.16. The van der Waals surface area contributed by atoms with Gasteiger partial charge in [-0.15, -0.1) is 6.58 Å². The van der Waals surface area contributed by atoms with E-state index in [1.54, 1.807) is 30.3 Å². The van der Waals surface area contributed by atoms with Crippen molar-refractivity contribution in [1.82, 2.24) is 9.47 Å². The second-order valence-corrected chi connectivity index (χ2v) is 8.45. The Bertz CT molecular complexity index is 1230. The van der Waals surface area contributed by atoms with E-state index >= 15 is 0 Å². The van der Waals surface area contributed by atoms with Crippen molar-refractivity contribution in [1.29, 1.82) is 0 Å². The van der Waals surface area contributed by atoms with Gasteiger partial charge < -0.3 is 4.57 Å². The van der Waals surface area contributed by atoms with Crippen LogP contribution in [0.2, 0.25) is 0 Å². The minimum atomic E-state index is -0.537.